The Bertz CT molecular complexity index is 1160. The number of fused-ring (bicyclic) bond motifs is 5. The molecule has 0 unspecified atom stereocenters. The molecule has 1 aromatic carbocycles. The van der Waals surface area contributed by atoms with Crippen molar-refractivity contribution in [1.82, 2.24) is 14.9 Å². The maximum absolute atomic E-state index is 15.7. The summed E-state index contributed by atoms with van der Waals surface area (Å²) in [6, 6.07) is 0.00553. The van der Waals surface area contributed by atoms with Gasteiger partial charge in [-0.3, -0.25) is 0 Å². The van der Waals surface area contributed by atoms with Crippen molar-refractivity contribution in [3.63, 3.8) is 0 Å². The van der Waals surface area contributed by atoms with Gasteiger partial charge in [0.2, 0.25) is 0 Å². The van der Waals surface area contributed by atoms with Crippen LogP contribution in [0.25, 0.3) is 10.9 Å². The zero-order valence-electron chi connectivity index (χ0n) is 20.4. The first-order valence-electron chi connectivity index (χ1n) is 12.0. The highest BCUT2D eigenvalue weighted by atomic mass is 32.2. The number of thioether (sulfide) groups is 1. The molecule has 2 aromatic rings. The van der Waals surface area contributed by atoms with Crippen LogP contribution in [0, 0.1) is 5.82 Å². The number of likely N-dealkylation sites (tertiary alicyclic amines) is 1. The Hall–Kier alpha value is -2.15. The number of aromatic nitrogens is 2. The van der Waals surface area contributed by atoms with Crippen LogP contribution in [0.2, 0.25) is 0 Å². The second kappa shape index (κ2) is 9.06. The van der Waals surface area contributed by atoms with Crippen molar-refractivity contribution < 1.29 is 28.7 Å². The first kappa shape index (κ1) is 24.5. The fourth-order valence-electron chi connectivity index (χ4n) is 5.39. The molecule has 2 saturated heterocycles. The van der Waals surface area contributed by atoms with E-state index in [1.54, 1.807) is 4.90 Å². The zero-order valence-corrected chi connectivity index (χ0v) is 21.2. The van der Waals surface area contributed by atoms with Gasteiger partial charge >= 0.3 is 13.2 Å². The van der Waals surface area contributed by atoms with Gasteiger partial charge in [-0.15, -0.1) is 0 Å². The van der Waals surface area contributed by atoms with Crippen LogP contribution in [0.4, 0.5) is 15.0 Å². The van der Waals surface area contributed by atoms with Crippen LogP contribution >= 0.6 is 11.8 Å². The SMILES string of the molecule is CCSc1nc(N2[C@@H]3CC[C@H]2CN(C(=O)OC(C)(C)C)C3)c2c3c(c(B(O)O)c(F)c2n1)COC3. The van der Waals surface area contributed by atoms with E-state index in [-0.39, 0.29) is 42.4 Å². The number of amides is 1. The van der Waals surface area contributed by atoms with Crippen molar-refractivity contribution in [2.45, 2.75) is 76.6 Å². The summed E-state index contributed by atoms with van der Waals surface area (Å²) in [6.45, 7) is 8.81. The molecule has 1 amide bonds. The quantitative estimate of drug-likeness (QED) is 0.368. The molecule has 2 N–H and O–H groups in total. The Kier molecular flexibility index (Phi) is 6.35. The largest absolute Gasteiger partial charge is 0.491 e. The topological polar surface area (TPSA) is 108 Å². The normalized spacial score (nSPS) is 21.6. The highest BCUT2D eigenvalue weighted by molar-refractivity contribution is 7.99. The molecular formula is C23H30BFN4O5S. The van der Waals surface area contributed by atoms with E-state index in [4.69, 9.17) is 14.5 Å². The van der Waals surface area contributed by atoms with Crippen molar-refractivity contribution >= 4 is 47.2 Å². The molecule has 2 bridgehead atoms. The first-order valence-corrected chi connectivity index (χ1v) is 12.9. The first-order chi connectivity index (χ1) is 16.6. The monoisotopic (exact) mass is 504 g/mol. The van der Waals surface area contributed by atoms with E-state index < -0.39 is 18.5 Å². The van der Waals surface area contributed by atoms with Gasteiger partial charge in [0.05, 0.1) is 18.6 Å². The lowest BCUT2D eigenvalue weighted by atomic mass is 9.74. The Morgan fingerprint density at radius 3 is 2.46 bits per heavy atom. The molecule has 9 nitrogen and oxygen atoms in total. The summed E-state index contributed by atoms with van der Waals surface area (Å²) in [4.78, 5) is 26.1. The van der Waals surface area contributed by atoms with Crippen LogP contribution in [-0.2, 0) is 22.7 Å². The van der Waals surface area contributed by atoms with Crippen LogP contribution < -0.4 is 10.4 Å². The van der Waals surface area contributed by atoms with E-state index in [0.29, 0.717) is 46.3 Å². The third-order valence-corrected chi connectivity index (χ3v) is 7.44. The molecule has 0 spiro atoms. The number of ether oxygens (including phenoxy) is 2. The number of nitrogens with zero attached hydrogens (tertiary/aromatic N) is 4. The van der Waals surface area contributed by atoms with Gasteiger partial charge in [-0.2, -0.15) is 0 Å². The average molecular weight is 504 g/mol. The molecular weight excluding hydrogens is 474 g/mol. The summed E-state index contributed by atoms with van der Waals surface area (Å²) < 4.78 is 26.9. The van der Waals surface area contributed by atoms with Crippen LogP contribution in [0.3, 0.4) is 0 Å². The minimum Gasteiger partial charge on any atom is -0.444 e. The number of rotatable bonds is 4. The summed E-state index contributed by atoms with van der Waals surface area (Å²) in [6.07, 6.45) is 1.42. The van der Waals surface area contributed by atoms with Gasteiger partial charge < -0.3 is 29.3 Å². The van der Waals surface area contributed by atoms with Gasteiger partial charge in [0.15, 0.2) is 5.16 Å². The molecule has 0 radical (unpaired) electrons. The number of benzene rings is 1. The third-order valence-electron chi connectivity index (χ3n) is 6.71. The molecule has 12 heteroatoms. The van der Waals surface area contributed by atoms with E-state index in [9.17, 15) is 14.8 Å². The molecule has 2 fully saturated rings. The second-order valence-electron chi connectivity index (χ2n) is 10.2. The highest BCUT2D eigenvalue weighted by Gasteiger charge is 2.45. The van der Waals surface area contributed by atoms with E-state index in [0.717, 1.165) is 12.8 Å². The maximum Gasteiger partial charge on any atom is 0.491 e. The van der Waals surface area contributed by atoms with Crippen LogP contribution in [0.1, 0.15) is 51.7 Å². The number of hydrogen-bond donors (Lipinski definition) is 2. The van der Waals surface area contributed by atoms with Crippen LogP contribution in [0.5, 0.6) is 0 Å². The van der Waals surface area contributed by atoms with E-state index >= 15 is 4.39 Å². The van der Waals surface area contributed by atoms with E-state index in [1.807, 2.05) is 27.7 Å². The minimum atomic E-state index is -1.97. The fourth-order valence-corrected chi connectivity index (χ4v) is 5.96. The molecule has 3 aliphatic rings. The summed E-state index contributed by atoms with van der Waals surface area (Å²) in [5.74, 6) is 0.581. The smallest absolute Gasteiger partial charge is 0.444 e. The number of carbonyl (C=O) groups is 1. The standard InChI is InChI=1S/C23H30BFN4O5S/c1-5-35-21-26-19-16(14-10-33-11-15(14)17(18(19)25)24(31)32)20(27-21)29-12-6-7-13(29)9-28(8-12)22(30)34-23(2,3)4/h12-13,31-32H,5-11H2,1-4H3/t12-,13+. The summed E-state index contributed by atoms with van der Waals surface area (Å²) in [5, 5.41) is 20.8. The molecule has 1 aromatic heterocycles. The number of anilines is 1. The van der Waals surface area contributed by atoms with Gasteiger partial charge in [-0.05, 0) is 50.5 Å². The number of halogens is 1. The zero-order chi connectivity index (χ0) is 25.1. The maximum atomic E-state index is 15.7. The average Bonchev–Trinajstić information content (AvgIpc) is 3.34. The summed E-state index contributed by atoms with van der Waals surface area (Å²) >= 11 is 1.40. The molecule has 5 rings (SSSR count). The highest BCUT2D eigenvalue weighted by Crippen LogP contribution is 2.41. The van der Waals surface area contributed by atoms with Crippen molar-refractivity contribution in [3.05, 3.63) is 16.9 Å². The van der Waals surface area contributed by atoms with Crippen molar-refractivity contribution in [2.75, 3.05) is 23.7 Å². The molecule has 4 heterocycles. The van der Waals surface area contributed by atoms with E-state index in [2.05, 4.69) is 9.88 Å². The predicted octanol–water partition coefficient (Wildman–Crippen LogP) is 2.18. The number of piperazine rings is 1. The summed E-state index contributed by atoms with van der Waals surface area (Å²) in [7, 11) is -1.97. The van der Waals surface area contributed by atoms with Crippen LogP contribution in [-0.4, -0.2) is 74.7 Å². The van der Waals surface area contributed by atoms with E-state index in [1.165, 1.54) is 11.8 Å². The Morgan fingerprint density at radius 1 is 1.20 bits per heavy atom. The molecule has 2 atom stereocenters. The third kappa shape index (κ3) is 4.34. The lowest BCUT2D eigenvalue weighted by Gasteiger charge is -2.42. The van der Waals surface area contributed by atoms with Crippen molar-refractivity contribution in [3.8, 4) is 0 Å². The summed E-state index contributed by atoms with van der Waals surface area (Å²) in [5.41, 5.74) is 0.467. The van der Waals surface area contributed by atoms with Crippen molar-refractivity contribution in [2.24, 2.45) is 0 Å². The molecule has 3 aliphatic heterocycles. The lowest BCUT2D eigenvalue weighted by molar-refractivity contribution is 0.0209. The molecule has 0 saturated carbocycles. The predicted molar refractivity (Wildman–Crippen MR) is 131 cm³/mol. The van der Waals surface area contributed by atoms with Gasteiger partial charge in [0.25, 0.3) is 0 Å². The van der Waals surface area contributed by atoms with Gasteiger partial charge in [-0.25, -0.2) is 19.2 Å². The Morgan fingerprint density at radius 2 is 1.86 bits per heavy atom. The lowest BCUT2D eigenvalue weighted by Crippen LogP contribution is -2.56. The molecule has 35 heavy (non-hydrogen) atoms. The fraction of sp³-hybridized carbons (Fsp3) is 0.609. The van der Waals surface area contributed by atoms with Gasteiger partial charge in [0.1, 0.15) is 22.8 Å². The van der Waals surface area contributed by atoms with Gasteiger partial charge in [0, 0.05) is 30.6 Å². The molecule has 188 valence electrons. The Labute approximate surface area is 208 Å². The molecule has 0 aliphatic carbocycles. The Balaban J connectivity index is 1.61. The van der Waals surface area contributed by atoms with Crippen molar-refractivity contribution in [1.29, 1.82) is 0 Å². The number of hydrogen-bond acceptors (Lipinski definition) is 9. The second-order valence-corrected chi connectivity index (χ2v) is 11.4. The van der Waals surface area contributed by atoms with Gasteiger partial charge in [-0.1, -0.05) is 18.7 Å². The number of carbonyl (C=O) groups excluding carboxylic acids is 1. The minimum absolute atomic E-state index is 0.00276. The van der Waals surface area contributed by atoms with Crippen LogP contribution in [0.15, 0.2) is 5.16 Å².